The molecule has 0 saturated heterocycles. The average Bonchev–Trinajstić information content (AvgIpc) is 2.39. The summed E-state index contributed by atoms with van der Waals surface area (Å²) >= 11 is 0. The van der Waals surface area contributed by atoms with Crippen LogP contribution in [0.1, 0.15) is 31.7 Å². The minimum absolute atomic E-state index is 0.0100. The number of halogens is 1. The van der Waals surface area contributed by atoms with Gasteiger partial charge in [-0.05, 0) is 50.2 Å². The molecule has 20 heavy (non-hydrogen) atoms. The predicted molar refractivity (Wildman–Crippen MR) is 77.4 cm³/mol. The number of benzene rings is 1. The van der Waals surface area contributed by atoms with Gasteiger partial charge in [-0.1, -0.05) is 12.1 Å². The second kappa shape index (κ2) is 7.04. The van der Waals surface area contributed by atoms with Gasteiger partial charge in [-0.15, -0.1) is 0 Å². The molecule has 1 aliphatic rings. The first-order chi connectivity index (χ1) is 9.63. The summed E-state index contributed by atoms with van der Waals surface area (Å²) < 4.78 is 24.6. The van der Waals surface area contributed by atoms with Crippen LogP contribution in [0.25, 0.3) is 0 Å². The van der Waals surface area contributed by atoms with Gasteiger partial charge in [0.2, 0.25) is 0 Å². The lowest BCUT2D eigenvalue weighted by atomic mass is 9.77. The second-order valence-electron chi connectivity index (χ2n) is 5.55. The van der Waals surface area contributed by atoms with Crippen molar-refractivity contribution in [2.75, 3.05) is 13.7 Å². The molecule has 2 rings (SSSR count). The first-order valence-corrected chi connectivity index (χ1v) is 7.32. The van der Waals surface area contributed by atoms with E-state index < -0.39 is 0 Å². The summed E-state index contributed by atoms with van der Waals surface area (Å²) in [7, 11) is 1.48. The van der Waals surface area contributed by atoms with Crippen LogP contribution in [0.3, 0.4) is 0 Å². The fourth-order valence-electron chi connectivity index (χ4n) is 2.90. The van der Waals surface area contributed by atoms with Crippen LogP contribution in [0.2, 0.25) is 0 Å². The molecule has 1 aliphatic carbocycles. The van der Waals surface area contributed by atoms with Gasteiger partial charge in [0.1, 0.15) is 0 Å². The molecule has 112 valence electrons. The Hall–Kier alpha value is -1.13. The van der Waals surface area contributed by atoms with Crippen molar-refractivity contribution in [1.82, 2.24) is 0 Å². The van der Waals surface area contributed by atoms with Crippen LogP contribution in [0.5, 0.6) is 5.75 Å². The molecule has 0 amide bonds. The normalized spacial score (nSPS) is 23.2. The number of hydrogen-bond donors (Lipinski definition) is 1. The molecule has 4 heteroatoms. The van der Waals surface area contributed by atoms with E-state index in [-0.39, 0.29) is 17.6 Å². The van der Waals surface area contributed by atoms with Gasteiger partial charge < -0.3 is 15.2 Å². The molecule has 1 aromatic carbocycles. The lowest BCUT2D eigenvalue weighted by molar-refractivity contribution is -0.0281. The Kier molecular flexibility index (Phi) is 5.38. The highest BCUT2D eigenvalue weighted by atomic mass is 19.1. The standard InChI is InChI=1S/C16H24FNO2/c1-3-20-14-8-11(9-14)7-13(18)10-12-5-4-6-15(19-2)16(12)17/h4-6,11,13-14H,3,7-10,18H2,1-2H3. The molecule has 1 unspecified atom stereocenters. The fourth-order valence-corrected chi connectivity index (χ4v) is 2.90. The molecule has 0 radical (unpaired) electrons. The van der Waals surface area contributed by atoms with E-state index in [1.54, 1.807) is 18.2 Å². The minimum Gasteiger partial charge on any atom is -0.494 e. The summed E-state index contributed by atoms with van der Waals surface area (Å²) in [6.07, 6.45) is 4.06. The Labute approximate surface area is 120 Å². The topological polar surface area (TPSA) is 44.5 Å². The molecule has 0 bridgehead atoms. The van der Waals surface area contributed by atoms with E-state index in [1.165, 1.54) is 7.11 Å². The van der Waals surface area contributed by atoms with E-state index in [9.17, 15) is 4.39 Å². The summed E-state index contributed by atoms with van der Waals surface area (Å²) in [4.78, 5) is 0. The molecule has 1 fully saturated rings. The summed E-state index contributed by atoms with van der Waals surface area (Å²) in [6.45, 7) is 2.79. The maximum Gasteiger partial charge on any atom is 0.168 e. The van der Waals surface area contributed by atoms with Crippen molar-refractivity contribution in [3.63, 3.8) is 0 Å². The molecule has 2 N–H and O–H groups in total. The molecule has 0 aromatic heterocycles. The number of nitrogens with two attached hydrogens (primary N) is 1. The van der Waals surface area contributed by atoms with Crippen molar-refractivity contribution in [3.05, 3.63) is 29.6 Å². The van der Waals surface area contributed by atoms with Crippen LogP contribution < -0.4 is 10.5 Å². The Morgan fingerprint density at radius 2 is 2.15 bits per heavy atom. The highest BCUT2D eigenvalue weighted by Crippen LogP contribution is 2.34. The Morgan fingerprint density at radius 3 is 2.80 bits per heavy atom. The number of hydrogen-bond acceptors (Lipinski definition) is 3. The predicted octanol–water partition coefficient (Wildman–Crippen LogP) is 2.91. The minimum atomic E-state index is -0.286. The SMILES string of the molecule is CCOC1CC(CC(N)Cc2cccc(OC)c2F)C1. The summed E-state index contributed by atoms with van der Waals surface area (Å²) in [5.74, 6) is 0.622. The van der Waals surface area contributed by atoms with E-state index in [4.69, 9.17) is 15.2 Å². The van der Waals surface area contributed by atoms with Crippen LogP contribution in [0.4, 0.5) is 4.39 Å². The Bertz CT molecular complexity index is 432. The average molecular weight is 281 g/mol. The van der Waals surface area contributed by atoms with Gasteiger partial charge in [-0.3, -0.25) is 0 Å². The maximum absolute atomic E-state index is 14.0. The molecule has 3 nitrogen and oxygen atoms in total. The highest BCUT2D eigenvalue weighted by Gasteiger charge is 2.30. The van der Waals surface area contributed by atoms with E-state index in [0.29, 0.717) is 24.0 Å². The fraction of sp³-hybridized carbons (Fsp3) is 0.625. The second-order valence-corrected chi connectivity index (χ2v) is 5.55. The molecule has 0 spiro atoms. The van der Waals surface area contributed by atoms with E-state index in [0.717, 1.165) is 25.9 Å². The molecule has 0 aliphatic heterocycles. The molecular weight excluding hydrogens is 257 g/mol. The smallest absolute Gasteiger partial charge is 0.168 e. The highest BCUT2D eigenvalue weighted by molar-refractivity contribution is 5.31. The van der Waals surface area contributed by atoms with Gasteiger partial charge in [-0.2, -0.15) is 0 Å². The van der Waals surface area contributed by atoms with Crippen molar-refractivity contribution in [3.8, 4) is 5.75 Å². The zero-order chi connectivity index (χ0) is 14.5. The van der Waals surface area contributed by atoms with Crippen molar-refractivity contribution >= 4 is 0 Å². The van der Waals surface area contributed by atoms with E-state index in [2.05, 4.69) is 0 Å². The third-order valence-corrected chi connectivity index (χ3v) is 3.98. The lowest BCUT2D eigenvalue weighted by Gasteiger charge is -2.36. The molecule has 0 heterocycles. The van der Waals surface area contributed by atoms with Crippen molar-refractivity contribution < 1.29 is 13.9 Å². The number of ether oxygens (including phenoxy) is 2. The maximum atomic E-state index is 14.0. The van der Waals surface area contributed by atoms with Gasteiger partial charge >= 0.3 is 0 Å². The summed E-state index contributed by atoms with van der Waals surface area (Å²) in [6, 6.07) is 5.20. The first-order valence-electron chi connectivity index (χ1n) is 7.32. The zero-order valence-corrected chi connectivity index (χ0v) is 12.3. The third kappa shape index (κ3) is 3.70. The van der Waals surface area contributed by atoms with Crippen LogP contribution in [0.15, 0.2) is 18.2 Å². The monoisotopic (exact) mass is 281 g/mol. The van der Waals surface area contributed by atoms with Crippen LogP contribution >= 0.6 is 0 Å². The van der Waals surface area contributed by atoms with Crippen LogP contribution in [-0.2, 0) is 11.2 Å². The summed E-state index contributed by atoms with van der Waals surface area (Å²) in [5, 5.41) is 0. The number of rotatable bonds is 7. The van der Waals surface area contributed by atoms with Crippen LogP contribution in [0, 0.1) is 11.7 Å². The molecular formula is C16H24FNO2. The van der Waals surface area contributed by atoms with Gasteiger partial charge in [0.15, 0.2) is 11.6 Å². The van der Waals surface area contributed by atoms with E-state index >= 15 is 0 Å². The molecule has 1 aromatic rings. The van der Waals surface area contributed by atoms with Gasteiger partial charge in [-0.25, -0.2) is 4.39 Å². The van der Waals surface area contributed by atoms with Gasteiger partial charge in [0, 0.05) is 12.6 Å². The molecule has 1 saturated carbocycles. The Balaban J connectivity index is 1.82. The van der Waals surface area contributed by atoms with Gasteiger partial charge in [0.25, 0.3) is 0 Å². The van der Waals surface area contributed by atoms with Crippen LogP contribution in [-0.4, -0.2) is 25.9 Å². The van der Waals surface area contributed by atoms with Crippen molar-refractivity contribution in [2.24, 2.45) is 11.7 Å². The first kappa shape index (κ1) is 15.3. The molecule has 1 atom stereocenters. The third-order valence-electron chi connectivity index (χ3n) is 3.98. The van der Waals surface area contributed by atoms with Crippen molar-refractivity contribution in [1.29, 1.82) is 0 Å². The van der Waals surface area contributed by atoms with Gasteiger partial charge in [0.05, 0.1) is 13.2 Å². The zero-order valence-electron chi connectivity index (χ0n) is 12.3. The summed E-state index contributed by atoms with van der Waals surface area (Å²) in [5.41, 5.74) is 6.78. The largest absolute Gasteiger partial charge is 0.494 e. The number of methoxy groups -OCH3 is 1. The van der Waals surface area contributed by atoms with Crippen molar-refractivity contribution in [2.45, 2.75) is 44.8 Å². The quantitative estimate of drug-likeness (QED) is 0.835. The lowest BCUT2D eigenvalue weighted by Crippen LogP contribution is -2.36. The Morgan fingerprint density at radius 1 is 1.40 bits per heavy atom. The van der Waals surface area contributed by atoms with E-state index in [1.807, 2.05) is 6.92 Å².